The Morgan fingerprint density at radius 2 is 2.24 bits per heavy atom. The molecule has 7 heteroatoms. The van der Waals surface area contributed by atoms with Crippen LogP contribution in [-0.2, 0) is 21.5 Å². The lowest BCUT2D eigenvalue weighted by atomic mass is 9.81. The lowest BCUT2D eigenvalue weighted by molar-refractivity contribution is -0.130. The molecule has 2 heterocycles. The average molecular weight is 289 g/mol. The molecule has 0 bridgehead atoms. The fraction of sp³-hybridized carbons (Fsp3) is 0.357. The van der Waals surface area contributed by atoms with Gasteiger partial charge in [-0.1, -0.05) is 13.0 Å². The van der Waals surface area contributed by atoms with Crippen LogP contribution in [0.1, 0.15) is 24.5 Å². The van der Waals surface area contributed by atoms with Gasteiger partial charge in [-0.25, -0.2) is 4.79 Å². The molecule has 3 rings (SSSR count). The summed E-state index contributed by atoms with van der Waals surface area (Å²) in [4.78, 5) is 35.3. The van der Waals surface area contributed by atoms with Crippen molar-refractivity contribution in [1.82, 2.24) is 10.6 Å². The minimum atomic E-state index is -1.30. The number of hydrogen-bond donors (Lipinski definition) is 3. The van der Waals surface area contributed by atoms with Gasteiger partial charge in [-0.3, -0.25) is 14.9 Å². The third-order valence-corrected chi connectivity index (χ3v) is 3.93. The Balaban J connectivity index is 2.17. The summed E-state index contributed by atoms with van der Waals surface area (Å²) in [5.74, 6) is -0.773. The topological polar surface area (TPSA) is 111 Å². The minimum absolute atomic E-state index is 0.0138. The van der Waals surface area contributed by atoms with Crippen LogP contribution in [-0.4, -0.2) is 23.9 Å². The number of carbonyl (C=O) groups excluding carboxylic acids is 3. The third kappa shape index (κ3) is 1.93. The molecule has 1 fully saturated rings. The highest BCUT2D eigenvalue weighted by Gasteiger charge is 2.54. The van der Waals surface area contributed by atoms with Gasteiger partial charge >= 0.3 is 6.03 Å². The van der Waals surface area contributed by atoms with E-state index < -0.39 is 29.5 Å². The normalized spacial score (nSPS) is 26.8. The maximum absolute atomic E-state index is 12.3. The van der Waals surface area contributed by atoms with E-state index in [0.717, 1.165) is 12.0 Å². The first-order valence-electron chi connectivity index (χ1n) is 6.69. The van der Waals surface area contributed by atoms with Crippen LogP contribution in [0, 0.1) is 0 Å². The SMILES string of the molecule is CCc1ccc2c(c1)[C@]1(C[C@@H](C(N)=O)O2)NC(=O)NC1=O. The summed E-state index contributed by atoms with van der Waals surface area (Å²) in [5.41, 5.74) is 5.57. The van der Waals surface area contributed by atoms with Crippen molar-refractivity contribution in [2.24, 2.45) is 5.73 Å². The van der Waals surface area contributed by atoms with Crippen LogP contribution in [0.3, 0.4) is 0 Å². The van der Waals surface area contributed by atoms with E-state index in [1.165, 1.54) is 0 Å². The van der Waals surface area contributed by atoms with Gasteiger partial charge in [0.15, 0.2) is 11.6 Å². The minimum Gasteiger partial charge on any atom is -0.480 e. The fourth-order valence-electron chi connectivity index (χ4n) is 2.80. The molecular weight excluding hydrogens is 274 g/mol. The molecule has 4 amide bonds. The molecule has 1 saturated heterocycles. The molecule has 7 nitrogen and oxygen atoms in total. The predicted molar refractivity (Wildman–Crippen MR) is 72.4 cm³/mol. The highest BCUT2D eigenvalue weighted by atomic mass is 16.5. The standard InChI is InChI=1S/C14H15N3O4/c1-2-7-3-4-9-8(5-7)14(6-10(21-9)11(15)18)12(19)16-13(20)17-14/h3-5,10H,2,6H2,1H3,(H2,15,18)(H2,16,17,19,20)/t10-,14-/m0/s1. The number of hydrogen-bond acceptors (Lipinski definition) is 4. The molecule has 1 aromatic carbocycles. The van der Waals surface area contributed by atoms with Gasteiger partial charge in [-0.2, -0.15) is 0 Å². The van der Waals surface area contributed by atoms with Crippen molar-refractivity contribution in [3.63, 3.8) is 0 Å². The van der Waals surface area contributed by atoms with Crippen LogP contribution in [0.4, 0.5) is 4.79 Å². The van der Waals surface area contributed by atoms with Crippen LogP contribution in [0.2, 0.25) is 0 Å². The Kier molecular flexibility index (Phi) is 2.86. The van der Waals surface area contributed by atoms with Crippen molar-refractivity contribution in [3.05, 3.63) is 29.3 Å². The first-order valence-corrected chi connectivity index (χ1v) is 6.69. The van der Waals surface area contributed by atoms with E-state index >= 15 is 0 Å². The van der Waals surface area contributed by atoms with E-state index in [1.54, 1.807) is 6.07 Å². The fourth-order valence-corrected chi connectivity index (χ4v) is 2.80. The summed E-state index contributed by atoms with van der Waals surface area (Å²) in [6.07, 6.45) is -0.202. The van der Waals surface area contributed by atoms with Crippen LogP contribution < -0.4 is 21.1 Å². The molecule has 0 saturated carbocycles. The van der Waals surface area contributed by atoms with E-state index in [4.69, 9.17) is 10.5 Å². The Hall–Kier alpha value is -2.57. The van der Waals surface area contributed by atoms with Gasteiger partial charge in [0, 0.05) is 12.0 Å². The molecule has 0 unspecified atom stereocenters. The molecule has 0 aromatic heterocycles. The highest BCUT2D eigenvalue weighted by molar-refractivity contribution is 6.08. The quantitative estimate of drug-likeness (QED) is 0.661. The lowest BCUT2D eigenvalue weighted by Gasteiger charge is -2.36. The van der Waals surface area contributed by atoms with Crippen molar-refractivity contribution < 1.29 is 19.1 Å². The zero-order valence-electron chi connectivity index (χ0n) is 11.4. The Morgan fingerprint density at radius 3 is 2.81 bits per heavy atom. The van der Waals surface area contributed by atoms with Gasteiger partial charge in [0.1, 0.15) is 5.75 Å². The summed E-state index contributed by atoms with van der Waals surface area (Å²) in [7, 11) is 0. The van der Waals surface area contributed by atoms with Crippen molar-refractivity contribution in [2.75, 3.05) is 0 Å². The van der Waals surface area contributed by atoms with E-state index in [9.17, 15) is 14.4 Å². The van der Waals surface area contributed by atoms with Crippen LogP contribution in [0.25, 0.3) is 0 Å². The number of amides is 4. The maximum atomic E-state index is 12.3. The van der Waals surface area contributed by atoms with Crippen molar-refractivity contribution in [3.8, 4) is 5.75 Å². The predicted octanol–water partition coefficient (Wildman–Crippen LogP) is -0.0799. The molecule has 110 valence electrons. The van der Waals surface area contributed by atoms with Gasteiger partial charge in [0.05, 0.1) is 0 Å². The number of nitrogens with one attached hydrogen (secondary N) is 2. The van der Waals surface area contributed by atoms with Crippen molar-refractivity contribution in [2.45, 2.75) is 31.4 Å². The van der Waals surface area contributed by atoms with E-state index in [2.05, 4.69) is 10.6 Å². The summed E-state index contributed by atoms with van der Waals surface area (Å²) in [5, 5.41) is 4.84. The summed E-state index contributed by atoms with van der Waals surface area (Å²) in [6.45, 7) is 1.98. The molecule has 2 aliphatic heterocycles. The first kappa shape index (κ1) is 13.4. The van der Waals surface area contributed by atoms with Gasteiger partial charge < -0.3 is 15.8 Å². The zero-order valence-corrected chi connectivity index (χ0v) is 11.4. The number of aryl methyl sites for hydroxylation is 1. The largest absolute Gasteiger partial charge is 0.480 e. The number of carbonyl (C=O) groups is 3. The monoisotopic (exact) mass is 289 g/mol. The van der Waals surface area contributed by atoms with Gasteiger partial charge in [-0.15, -0.1) is 0 Å². The summed E-state index contributed by atoms with van der Waals surface area (Å²) >= 11 is 0. The van der Waals surface area contributed by atoms with E-state index in [-0.39, 0.29) is 6.42 Å². The van der Waals surface area contributed by atoms with E-state index in [1.807, 2.05) is 19.1 Å². The van der Waals surface area contributed by atoms with Gasteiger partial charge in [0.2, 0.25) is 0 Å². The zero-order chi connectivity index (χ0) is 15.2. The number of rotatable bonds is 2. The molecule has 1 spiro atoms. The molecular formula is C14H15N3O4. The molecule has 1 aromatic rings. The summed E-state index contributed by atoms with van der Waals surface area (Å²) < 4.78 is 5.56. The molecule has 0 aliphatic carbocycles. The molecule has 21 heavy (non-hydrogen) atoms. The Morgan fingerprint density at radius 1 is 1.48 bits per heavy atom. The number of nitrogens with two attached hydrogens (primary N) is 1. The molecule has 2 aliphatic rings. The van der Waals surface area contributed by atoms with Crippen LogP contribution in [0.5, 0.6) is 5.75 Å². The number of urea groups is 1. The second kappa shape index (κ2) is 4.47. The van der Waals surface area contributed by atoms with Crippen molar-refractivity contribution in [1.29, 1.82) is 0 Å². The number of imide groups is 1. The second-order valence-corrected chi connectivity index (χ2v) is 5.21. The molecule has 0 radical (unpaired) electrons. The second-order valence-electron chi connectivity index (χ2n) is 5.21. The highest BCUT2D eigenvalue weighted by Crippen LogP contribution is 2.41. The smallest absolute Gasteiger partial charge is 0.322 e. The van der Waals surface area contributed by atoms with Crippen molar-refractivity contribution >= 4 is 17.8 Å². The molecule has 2 atom stereocenters. The van der Waals surface area contributed by atoms with Gasteiger partial charge in [-0.05, 0) is 24.1 Å². The summed E-state index contributed by atoms with van der Waals surface area (Å²) in [6, 6.07) is 4.78. The number of fused-ring (bicyclic) bond motifs is 2. The third-order valence-electron chi connectivity index (χ3n) is 3.93. The number of primary amides is 1. The van der Waals surface area contributed by atoms with E-state index in [0.29, 0.717) is 11.3 Å². The average Bonchev–Trinajstić information content (AvgIpc) is 2.73. The van der Waals surface area contributed by atoms with Crippen LogP contribution in [0.15, 0.2) is 18.2 Å². The Bertz CT molecular complexity index is 658. The number of ether oxygens (including phenoxy) is 1. The Labute approximate surface area is 120 Å². The van der Waals surface area contributed by atoms with Crippen LogP contribution >= 0.6 is 0 Å². The molecule has 4 N–H and O–H groups in total. The number of benzene rings is 1. The maximum Gasteiger partial charge on any atom is 0.322 e. The lowest BCUT2D eigenvalue weighted by Crippen LogP contribution is -2.53. The first-order chi connectivity index (χ1) is 9.96. The van der Waals surface area contributed by atoms with Gasteiger partial charge in [0.25, 0.3) is 11.8 Å².